The molecular formula is C9H12ClN. The molecule has 0 bridgehead atoms. The molecule has 0 aliphatic rings. The molecule has 1 heterocycles. The second-order valence-corrected chi connectivity index (χ2v) is 2.76. The number of hydrogen-bond acceptors (Lipinski definition) is 1. The molecule has 0 saturated heterocycles. The van der Waals surface area contributed by atoms with Gasteiger partial charge in [-0.3, -0.25) is 4.98 Å². The van der Waals surface area contributed by atoms with Crippen LogP contribution in [0, 0.1) is 0 Å². The first kappa shape index (κ1) is 8.54. The molecule has 0 saturated carbocycles. The van der Waals surface area contributed by atoms with Gasteiger partial charge >= 0.3 is 0 Å². The van der Waals surface area contributed by atoms with Gasteiger partial charge in [-0.15, -0.1) is 11.6 Å². The van der Waals surface area contributed by atoms with Gasteiger partial charge in [0.05, 0.1) is 0 Å². The Labute approximate surface area is 72.4 Å². The van der Waals surface area contributed by atoms with E-state index in [-0.39, 0.29) is 0 Å². The monoisotopic (exact) mass is 169 g/mol. The maximum Gasteiger partial charge on any atom is 0.0492 e. The van der Waals surface area contributed by atoms with Gasteiger partial charge in [0, 0.05) is 17.8 Å². The highest BCUT2D eigenvalue weighted by atomic mass is 35.5. The highest BCUT2D eigenvalue weighted by Gasteiger charge is 1.98. The zero-order valence-corrected chi connectivity index (χ0v) is 7.43. The quantitative estimate of drug-likeness (QED) is 0.635. The van der Waals surface area contributed by atoms with Crippen molar-refractivity contribution in [1.29, 1.82) is 0 Å². The maximum absolute atomic E-state index is 5.73. The van der Waals surface area contributed by atoms with Crippen molar-refractivity contribution in [2.24, 2.45) is 0 Å². The Morgan fingerprint density at radius 1 is 1.55 bits per heavy atom. The molecule has 0 aromatic carbocycles. The SMILES string of the molecule is CCCc1ncccc1CCl. The number of hydrogen-bond donors (Lipinski definition) is 0. The first-order valence-corrected chi connectivity index (χ1v) is 4.40. The fraction of sp³-hybridized carbons (Fsp3) is 0.444. The molecule has 1 aromatic heterocycles. The van der Waals surface area contributed by atoms with E-state index in [0.717, 1.165) is 24.1 Å². The van der Waals surface area contributed by atoms with E-state index in [1.807, 2.05) is 18.3 Å². The van der Waals surface area contributed by atoms with Gasteiger partial charge in [-0.05, 0) is 18.1 Å². The zero-order valence-electron chi connectivity index (χ0n) is 6.68. The molecule has 0 spiro atoms. The average Bonchev–Trinajstić information content (AvgIpc) is 2.06. The molecule has 0 unspecified atom stereocenters. The number of halogens is 1. The lowest BCUT2D eigenvalue weighted by molar-refractivity contribution is 0.869. The largest absolute Gasteiger partial charge is 0.261 e. The Morgan fingerprint density at radius 3 is 3.00 bits per heavy atom. The Kier molecular flexibility index (Phi) is 3.37. The van der Waals surface area contributed by atoms with Gasteiger partial charge < -0.3 is 0 Å². The molecule has 2 heteroatoms. The third kappa shape index (κ3) is 2.19. The minimum absolute atomic E-state index is 0.573. The summed E-state index contributed by atoms with van der Waals surface area (Å²) in [6.07, 6.45) is 3.98. The summed E-state index contributed by atoms with van der Waals surface area (Å²) in [6, 6.07) is 3.96. The number of rotatable bonds is 3. The van der Waals surface area contributed by atoms with E-state index >= 15 is 0 Å². The lowest BCUT2D eigenvalue weighted by Crippen LogP contribution is -1.93. The second-order valence-electron chi connectivity index (χ2n) is 2.49. The number of nitrogens with zero attached hydrogens (tertiary/aromatic N) is 1. The number of aryl methyl sites for hydroxylation is 1. The van der Waals surface area contributed by atoms with Gasteiger partial charge in [-0.25, -0.2) is 0 Å². The predicted molar refractivity (Wildman–Crippen MR) is 47.8 cm³/mol. The first-order chi connectivity index (χ1) is 5.38. The van der Waals surface area contributed by atoms with Crippen LogP contribution in [0.5, 0.6) is 0 Å². The van der Waals surface area contributed by atoms with Crippen molar-refractivity contribution in [1.82, 2.24) is 4.98 Å². The van der Waals surface area contributed by atoms with Crippen LogP contribution in [0.2, 0.25) is 0 Å². The molecule has 1 aromatic rings. The summed E-state index contributed by atoms with van der Waals surface area (Å²) >= 11 is 5.73. The number of pyridine rings is 1. The van der Waals surface area contributed by atoms with E-state index < -0.39 is 0 Å². The van der Waals surface area contributed by atoms with E-state index in [9.17, 15) is 0 Å². The second kappa shape index (κ2) is 4.35. The Bertz CT molecular complexity index is 223. The summed E-state index contributed by atoms with van der Waals surface area (Å²) in [4.78, 5) is 4.25. The van der Waals surface area contributed by atoms with Crippen LogP contribution in [0.15, 0.2) is 18.3 Å². The van der Waals surface area contributed by atoms with E-state index in [1.54, 1.807) is 0 Å². The molecule has 60 valence electrons. The van der Waals surface area contributed by atoms with Crippen molar-refractivity contribution in [3.8, 4) is 0 Å². The van der Waals surface area contributed by atoms with Gasteiger partial charge in [0.25, 0.3) is 0 Å². The summed E-state index contributed by atoms with van der Waals surface area (Å²) in [7, 11) is 0. The maximum atomic E-state index is 5.73. The summed E-state index contributed by atoms with van der Waals surface area (Å²) in [6.45, 7) is 2.15. The van der Waals surface area contributed by atoms with Crippen LogP contribution >= 0.6 is 11.6 Å². The Balaban J connectivity index is 2.83. The fourth-order valence-corrected chi connectivity index (χ4v) is 1.30. The summed E-state index contributed by atoms with van der Waals surface area (Å²) < 4.78 is 0. The average molecular weight is 170 g/mol. The Hall–Kier alpha value is -0.560. The minimum Gasteiger partial charge on any atom is -0.261 e. The van der Waals surface area contributed by atoms with E-state index in [1.165, 1.54) is 0 Å². The third-order valence-corrected chi connectivity index (χ3v) is 1.90. The van der Waals surface area contributed by atoms with Crippen molar-refractivity contribution in [2.45, 2.75) is 25.6 Å². The van der Waals surface area contributed by atoms with Crippen molar-refractivity contribution in [3.63, 3.8) is 0 Å². The van der Waals surface area contributed by atoms with Gasteiger partial charge in [0.2, 0.25) is 0 Å². The highest BCUT2D eigenvalue weighted by molar-refractivity contribution is 6.17. The third-order valence-electron chi connectivity index (χ3n) is 1.62. The van der Waals surface area contributed by atoms with Crippen molar-refractivity contribution < 1.29 is 0 Å². The highest BCUT2D eigenvalue weighted by Crippen LogP contribution is 2.09. The summed E-state index contributed by atoms with van der Waals surface area (Å²) in [5, 5.41) is 0. The van der Waals surface area contributed by atoms with Crippen LogP contribution < -0.4 is 0 Å². The lowest BCUT2D eigenvalue weighted by Gasteiger charge is -2.02. The van der Waals surface area contributed by atoms with E-state index in [4.69, 9.17) is 11.6 Å². The topological polar surface area (TPSA) is 12.9 Å². The number of alkyl halides is 1. The normalized spacial score (nSPS) is 10.0. The molecule has 0 amide bonds. The van der Waals surface area contributed by atoms with Crippen LogP contribution in [0.25, 0.3) is 0 Å². The van der Waals surface area contributed by atoms with Gasteiger partial charge in [0.15, 0.2) is 0 Å². The number of aromatic nitrogens is 1. The van der Waals surface area contributed by atoms with Gasteiger partial charge in [-0.2, -0.15) is 0 Å². The molecule has 0 aliphatic carbocycles. The standard InChI is InChI=1S/C9H12ClN/c1-2-4-9-8(7-10)5-3-6-11-9/h3,5-6H,2,4,7H2,1H3. The summed E-state index contributed by atoms with van der Waals surface area (Å²) in [5.41, 5.74) is 2.31. The molecule has 0 N–H and O–H groups in total. The molecule has 1 nitrogen and oxygen atoms in total. The smallest absolute Gasteiger partial charge is 0.0492 e. The minimum atomic E-state index is 0.573. The van der Waals surface area contributed by atoms with Crippen LogP contribution in [-0.4, -0.2) is 4.98 Å². The first-order valence-electron chi connectivity index (χ1n) is 3.87. The summed E-state index contributed by atoms with van der Waals surface area (Å²) in [5.74, 6) is 0.573. The van der Waals surface area contributed by atoms with Gasteiger partial charge in [0.1, 0.15) is 0 Å². The van der Waals surface area contributed by atoms with Gasteiger partial charge in [-0.1, -0.05) is 19.4 Å². The van der Waals surface area contributed by atoms with E-state index in [2.05, 4.69) is 11.9 Å². The molecule has 0 radical (unpaired) electrons. The van der Waals surface area contributed by atoms with Crippen LogP contribution in [0.4, 0.5) is 0 Å². The Morgan fingerprint density at radius 2 is 2.36 bits per heavy atom. The van der Waals surface area contributed by atoms with Crippen molar-refractivity contribution in [3.05, 3.63) is 29.6 Å². The molecule has 0 atom stereocenters. The lowest BCUT2D eigenvalue weighted by atomic mass is 10.1. The van der Waals surface area contributed by atoms with Crippen LogP contribution in [-0.2, 0) is 12.3 Å². The van der Waals surface area contributed by atoms with Crippen molar-refractivity contribution >= 4 is 11.6 Å². The van der Waals surface area contributed by atoms with Crippen molar-refractivity contribution in [2.75, 3.05) is 0 Å². The zero-order chi connectivity index (χ0) is 8.10. The molecule has 0 fully saturated rings. The predicted octanol–water partition coefficient (Wildman–Crippen LogP) is 2.77. The molecule has 1 rings (SSSR count). The molecule has 11 heavy (non-hydrogen) atoms. The molecule has 0 aliphatic heterocycles. The fourth-order valence-electron chi connectivity index (χ4n) is 1.05. The molecular weight excluding hydrogens is 158 g/mol. The van der Waals surface area contributed by atoms with E-state index in [0.29, 0.717) is 5.88 Å². The van der Waals surface area contributed by atoms with Crippen LogP contribution in [0.3, 0.4) is 0 Å². The van der Waals surface area contributed by atoms with Crippen LogP contribution in [0.1, 0.15) is 24.6 Å².